The molecular weight excluding hydrogens is 462 g/mol. The van der Waals surface area contributed by atoms with Crippen molar-refractivity contribution in [2.75, 3.05) is 0 Å². The zero-order valence-corrected chi connectivity index (χ0v) is 20.6. The second-order valence-corrected chi connectivity index (χ2v) is 9.70. The number of pyridine rings is 1. The van der Waals surface area contributed by atoms with Crippen LogP contribution in [0.2, 0.25) is 5.02 Å². The zero-order chi connectivity index (χ0) is 23.7. The number of hydrogen-bond acceptors (Lipinski definition) is 3. The van der Waals surface area contributed by atoms with Gasteiger partial charge in [-0.2, -0.15) is 0 Å². The van der Waals surface area contributed by atoms with E-state index in [1.807, 2.05) is 84.2 Å². The Bertz CT molecular complexity index is 1400. The average Bonchev–Trinajstić information content (AvgIpc) is 3.51. The minimum atomic E-state index is -0.0208. The number of amides is 1. The molecule has 0 unspecified atom stereocenters. The molecule has 0 aliphatic rings. The molecule has 5 rings (SSSR count). The van der Waals surface area contributed by atoms with Crippen molar-refractivity contribution in [3.63, 3.8) is 0 Å². The van der Waals surface area contributed by atoms with Gasteiger partial charge in [0.1, 0.15) is 9.71 Å². The smallest absolute Gasteiger partial charge is 0.266 e. The number of fused-ring (bicyclic) bond motifs is 1. The second-order valence-electron chi connectivity index (χ2n) is 8.32. The molecule has 0 saturated heterocycles. The van der Waals surface area contributed by atoms with Crippen LogP contribution in [-0.2, 0) is 13.1 Å². The molecule has 0 atom stereocenters. The summed E-state index contributed by atoms with van der Waals surface area (Å²) in [6.07, 6.45) is 3.93. The summed E-state index contributed by atoms with van der Waals surface area (Å²) < 4.78 is 2.00. The lowest BCUT2D eigenvalue weighted by molar-refractivity contribution is 0.0735. The molecule has 0 N–H and O–H groups in total. The van der Waals surface area contributed by atoms with Gasteiger partial charge >= 0.3 is 0 Å². The molecule has 0 saturated carbocycles. The second kappa shape index (κ2) is 9.45. The fourth-order valence-corrected chi connectivity index (χ4v) is 5.62. The van der Waals surface area contributed by atoms with Gasteiger partial charge < -0.3 is 9.47 Å². The quantitative estimate of drug-likeness (QED) is 0.255. The molecule has 0 bridgehead atoms. The fraction of sp³-hybridized carbons (Fsp3) is 0.143. The molecular formula is C28H24ClN3OS. The molecule has 2 aromatic carbocycles. The number of thiophene rings is 1. The number of carbonyl (C=O) groups excluding carboxylic acids is 1. The van der Waals surface area contributed by atoms with E-state index < -0.39 is 0 Å². The lowest BCUT2D eigenvalue weighted by atomic mass is 10.1. The Balaban J connectivity index is 1.66. The van der Waals surface area contributed by atoms with Crippen molar-refractivity contribution in [1.29, 1.82) is 0 Å². The van der Waals surface area contributed by atoms with Crippen molar-refractivity contribution >= 4 is 39.1 Å². The maximum absolute atomic E-state index is 14.2. The minimum absolute atomic E-state index is 0.0208. The molecule has 0 radical (unpaired) electrons. The topological polar surface area (TPSA) is 38.1 Å². The van der Waals surface area contributed by atoms with E-state index in [2.05, 4.69) is 24.3 Å². The van der Waals surface area contributed by atoms with Gasteiger partial charge in [0.15, 0.2) is 0 Å². The van der Waals surface area contributed by atoms with E-state index in [4.69, 9.17) is 16.6 Å². The van der Waals surface area contributed by atoms with E-state index in [0.29, 0.717) is 23.0 Å². The fourth-order valence-electron chi connectivity index (χ4n) is 4.24. The highest BCUT2D eigenvalue weighted by atomic mass is 35.5. The molecule has 1 amide bonds. The van der Waals surface area contributed by atoms with Gasteiger partial charge in [0.05, 0.1) is 16.4 Å². The Hall–Kier alpha value is -3.41. The van der Waals surface area contributed by atoms with Crippen LogP contribution in [0.25, 0.3) is 15.9 Å². The van der Waals surface area contributed by atoms with Gasteiger partial charge in [-0.25, -0.2) is 4.98 Å². The standard InChI is InChI=1S/C28H24ClN3OS/c1-19-23-25(31-15-9-10-16-31)26(34-27(23)30-20(2)24(19)29)28(33)32(17-21-11-5-3-6-12-21)18-22-13-7-4-8-14-22/h3-16H,17-18H2,1-2H3. The first-order valence-electron chi connectivity index (χ1n) is 11.1. The SMILES string of the molecule is Cc1nc2sc(C(=O)N(Cc3ccccc3)Cc3ccccc3)c(-n3cccc3)c2c(C)c1Cl. The van der Waals surface area contributed by atoms with Crippen LogP contribution in [0.3, 0.4) is 0 Å². The third-order valence-electron chi connectivity index (χ3n) is 5.93. The van der Waals surface area contributed by atoms with Crippen LogP contribution in [0, 0.1) is 13.8 Å². The van der Waals surface area contributed by atoms with Crippen LogP contribution in [0.4, 0.5) is 0 Å². The van der Waals surface area contributed by atoms with Gasteiger partial charge in [-0.15, -0.1) is 11.3 Å². The van der Waals surface area contributed by atoms with Crippen molar-refractivity contribution in [2.45, 2.75) is 26.9 Å². The summed E-state index contributed by atoms with van der Waals surface area (Å²) in [5, 5.41) is 1.57. The van der Waals surface area contributed by atoms with Crippen LogP contribution >= 0.6 is 22.9 Å². The molecule has 0 spiro atoms. The number of aryl methyl sites for hydroxylation is 2. The Morgan fingerprint density at radius 1 is 0.912 bits per heavy atom. The molecule has 3 heterocycles. The predicted octanol–water partition coefficient (Wildman–Crippen LogP) is 7.20. The van der Waals surface area contributed by atoms with Crippen LogP contribution in [0.15, 0.2) is 85.2 Å². The number of halogens is 1. The highest BCUT2D eigenvalue weighted by Crippen LogP contribution is 2.39. The Labute approximate surface area is 208 Å². The molecule has 170 valence electrons. The van der Waals surface area contributed by atoms with E-state index in [0.717, 1.165) is 38.3 Å². The van der Waals surface area contributed by atoms with Gasteiger partial charge in [0.25, 0.3) is 5.91 Å². The molecule has 34 heavy (non-hydrogen) atoms. The van der Waals surface area contributed by atoms with Gasteiger partial charge in [-0.3, -0.25) is 4.79 Å². The molecule has 3 aromatic heterocycles. The van der Waals surface area contributed by atoms with Gasteiger partial charge in [-0.1, -0.05) is 72.3 Å². The minimum Gasteiger partial charge on any atom is -0.329 e. The maximum atomic E-state index is 14.2. The van der Waals surface area contributed by atoms with E-state index in [1.165, 1.54) is 11.3 Å². The lowest BCUT2D eigenvalue weighted by Crippen LogP contribution is -2.30. The highest BCUT2D eigenvalue weighted by Gasteiger charge is 2.27. The van der Waals surface area contributed by atoms with E-state index in [9.17, 15) is 4.79 Å². The first-order chi connectivity index (χ1) is 16.5. The van der Waals surface area contributed by atoms with E-state index in [-0.39, 0.29) is 5.91 Å². The van der Waals surface area contributed by atoms with Crippen LogP contribution in [0.1, 0.15) is 32.1 Å². The number of aromatic nitrogens is 2. The Morgan fingerprint density at radius 2 is 1.47 bits per heavy atom. The Kier molecular flexibility index (Phi) is 6.22. The predicted molar refractivity (Wildman–Crippen MR) is 140 cm³/mol. The third kappa shape index (κ3) is 4.25. The summed E-state index contributed by atoms with van der Waals surface area (Å²) in [7, 11) is 0. The largest absolute Gasteiger partial charge is 0.329 e. The molecule has 0 aliphatic carbocycles. The van der Waals surface area contributed by atoms with Crippen molar-refractivity contribution in [3.8, 4) is 5.69 Å². The van der Waals surface area contributed by atoms with Gasteiger partial charge in [-0.05, 0) is 42.7 Å². The number of nitrogens with zero attached hydrogens (tertiary/aromatic N) is 3. The normalized spacial score (nSPS) is 11.1. The first-order valence-corrected chi connectivity index (χ1v) is 12.3. The summed E-state index contributed by atoms with van der Waals surface area (Å²) >= 11 is 8.03. The van der Waals surface area contributed by atoms with Crippen molar-refractivity contribution in [2.24, 2.45) is 0 Å². The van der Waals surface area contributed by atoms with Gasteiger partial charge in [0, 0.05) is 30.9 Å². The zero-order valence-electron chi connectivity index (χ0n) is 19.0. The summed E-state index contributed by atoms with van der Waals surface area (Å²) in [5.74, 6) is -0.0208. The summed E-state index contributed by atoms with van der Waals surface area (Å²) in [6, 6.07) is 24.1. The van der Waals surface area contributed by atoms with Crippen LogP contribution < -0.4 is 0 Å². The summed E-state index contributed by atoms with van der Waals surface area (Å²) in [6.45, 7) is 4.93. The van der Waals surface area contributed by atoms with Crippen molar-refractivity contribution in [3.05, 3.63) is 117 Å². The maximum Gasteiger partial charge on any atom is 0.266 e. The molecule has 0 fully saturated rings. The number of carbonyl (C=O) groups is 1. The Morgan fingerprint density at radius 3 is 2.03 bits per heavy atom. The van der Waals surface area contributed by atoms with Crippen LogP contribution in [-0.4, -0.2) is 20.4 Å². The van der Waals surface area contributed by atoms with E-state index in [1.54, 1.807) is 0 Å². The highest BCUT2D eigenvalue weighted by molar-refractivity contribution is 7.21. The van der Waals surface area contributed by atoms with Crippen molar-refractivity contribution < 1.29 is 4.79 Å². The summed E-state index contributed by atoms with van der Waals surface area (Å²) in [5.41, 5.74) is 4.73. The number of rotatable bonds is 6. The molecule has 4 nitrogen and oxygen atoms in total. The number of hydrogen-bond donors (Lipinski definition) is 0. The lowest BCUT2D eigenvalue weighted by Gasteiger charge is -2.23. The molecule has 6 heteroatoms. The van der Waals surface area contributed by atoms with Crippen LogP contribution in [0.5, 0.6) is 0 Å². The number of benzene rings is 2. The van der Waals surface area contributed by atoms with Gasteiger partial charge in [0.2, 0.25) is 0 Å². The van der Waals surface area contributed by atoms with E-state index >= 15 is 0 Å². The average molecular weight is 486 g/mol. The molecule has 5 aromatic rings. The van der Waals surface area contributed by atoms with Crippen molar-refractivity contribution in [1.82, 2.24) is 14.5 Å². The monoisotopic (exact) mass is 485 g/mol. The molecule has 0 aliphatic heterocycles. The first kappa shape index (κ1) is 22.4. The summed E-state index contributed by atoms with van der Waals surface area (Å²) in [4.78, 5) is 22.3. The third-order valence-corrected chi connectivity index (χ3v) is 7.55.